The van der Waals surface area contributed by atoms with Gasteiger partial charge in [0.1, 0.15) is 11.2 Å². The first-order valence-corrected chi connectivity index (χ1v) is 8.61. The van der Waals surface area contributed by atoms with Gasteiger partial charge in [0.25, 0.3) is 0 Å². The van der Waals surface area contributed by atoms with Gasteiger partial charge >= 0.3 is 6.09 Å². The van der Waals surface area contributed by atoms with Crippen LogP contribution in [0.2, 0.25) is 0 Å². The van der Waals surface area contributed by atoms with Gasteiger partial charge in [-0.25, -0.2) is 9.78 Å². The second-order valence-corrected chi connectivity index (χ2v) is 7.08. The Hall–Kier alpha value is -1.94. The Balaban J connectivity index is 1.88. The number of carbonyl (C=O) groups is 1. The number of nitroso groups, excluding NO2 is 1. The zero-order valence-electron chi connectivity index (χ0n) is 13.2. The van der Waals surface area contributed by atoms with Crippen molar-refractivity contribution in [1.29, 1.82) is 0 Å². The Morgan fingerprint density at radius 2 is 2.39 bits per heavy atom. The highest BCUT2D eigenvalue weighted by Gasteiger charge is 2.57. The van der Waals surface area contributed by atoms with E-state index in [0.29, 0.717) is 13.0 Å². The number of aryl methyl sites for hydroxylation is 1. The average molecular weight is 333 g/mol. The SMILES string of the molecule is COC(=O)N1CC[C@@]2(N=O)C(C#Cc3csc(C)n3)CCC[C@@H]12. The van der Waals surface area contributed by atoms with Gasteiger partial charge in [0, 0.05) is 11.9 Å². The molecule has 2 aliphatic rings. The topological polar surface area (TPSA) is 71.9 Å². The summed E-state index contributed by atoms with van der Waals surface area (Å²) < 4.78 is 4.84. The summed E-state index contributed by atoms with van der Waals surface area (Å²) >= 11 is 1.55. The molecule has 1 saturated heterocycles. The van der Waals surface area contributed by atoms with Gasteiger partial charge in [-0.3, -0.25) is 0 Å². The number of amides is 1. The molecule has 1 unspecified atom stereocenters. The van der Waals surface area contributed by atoms with Gasteiger partial charge in [-0.1, -0.05) is 11.1 Å². The van der Waals surface area contributed by atoms with Crippen molar-refractivity contribution in [3.8, 4) is 11.8 Å². The zero-order chi connectivity index (χ0) is 16.4. The maximum atomic E-state index is 11.9. The second kappa shape index (κ2) is 6.28. The van der Waals surface area contributed by atoms with E-state index in [2.05, 4.69) is 22.0 Å². The monoisotopic (exact) mass is 333 g/mol. The summed E-state index contributed by atoms with van der Waals surface area (Å²) in [7, 11) is 1.36. The molecule has 1 aromatic heterocycles. The number of hydrogen-bond donors (Lipinski definition) is 0. The number of rotatable bonds is 1. The Kier molecular flexibility index (Phi) is 4.35. The van der Waals surface area contributed by atoms with Crippen molar-refractivity contribution in [2.24, 2.45) is 11.1 Å². The van der Waals surface area contributed by atoms with Crippen LogP contribution in [0.1, 0.15) is 36.4 Å². The van der Waals surface area contributed by atoms with E-state index in [0.717, 1.165) is 30.0 Å². The molecule has 3 rings (SSSR count). The van der Waals surface area contributed by atoms with Crippen molar-refractivity contribution in [2.75, 3.05) is 13.7 Å². The maximum Gasteiger partial charge on any atom is 0.409 e. The molecular weight excluding hydrogens is 314 g/mol. The molecule has 122 valence electrons. The third kappa shape index (κ3) is 2.72. The summed E-state index contributed by atoms with van der Waals surface area (Å²) in [4.78, 5) is 29.6. The van der Waals surface area contributed by atoms with Crippen molar-refractivity contribution in [1.82, 2.24) is 9.88 Å². The third-order valence-electron chi connectivity index (χ3n) is 4.85. The van der Waals surface area contributed by atoms with Gasteiger partial charge in [0.15, 0.2) is 0 Å². The van der Waals surface area contributed by atoms with E-state index < -0.39 is 5.54 Å². The van der Waals surface area contributed by atoms with Crippen molar-refractivity contribution < 1.29 is 9.53 Å². The Morgan fingerprint density at radius 1 is 1.57 bits per heavy atom. The highest BCUT2D eigenvalue weighted by molar-refractivity contribution is 7.09. The minimum atomic E-state index is -0.815. The molecule has 0 spiro atoms. The Bertz CT molecular complexity index is 678. The van der Waals surface area contributed by atoms with Crippen LogP contribution in [0, 0.1) is 29.6 Å². The number of carbonyl (C=O) groups excluding carboxylic acids is 1. The Morgan fingerprint density at radius 3 is 3.04 bits per heavy atom. The van der Waals surface area contributed by atoms with Crippen LogP contribution in [-0.4, -0.2) is 41.2 Å². The van der Waals surface area contributed by atoms with Crippen LogP contribution in [0.25, 0.3) is 0 Å². The lowest BCUT2D eigenvalue weighted by molar-refractivity contribution is 0.0928. The van der Waals surface area contributed by atoms with Crippen molar-refractivity contribution >= 4 is 17.4 Å². The van der Waals surface area contributed by atoms with E-state index >= 15 is 0 Å². The van der Waals surface area contributed by atoms with Crippen LogP contribution in [-0.2, 0) is 4.74 Å². The molecule has 6 nitrogen and oxygen atoms in total. The van der Waals surface area contributed by atoms with Gasteiger partial charge < -0.3 is 9.64 Å². The zero-order valence-corrected chi connectivity index (χ0v) is 14.1. The minimum Gasteiger partial charge on any atom is -0.453 e. The second-order valence-electron chi connectivity index (χ2n) is 6.02. The molecule has 23 heavy (non-hydrogen) atoms. The fourth-order valence-corrected chi connectivity index (χ4v) is 4.30. The fourth-order valence-electron chi connectivity index (χ4n) is 3.75. The number of fused-ring (bicyclic) bond motifs is 1. The maximum absolute atomic E-state index is 11.9. The molecule has 2 heterocycles. The highest BCUT2D eigenvalue weighted by Crippen LogP contribution is 2.46. The van der Waals surface area contributed by atoms with Crippen LogP contribution >= 0.6 is 11.3 Å². The summed E-state index contributed by atoms with van der Waals surface area (Å²) in [6.45, 7) is 2.43. The first kappa shape index (κ1) is 15.9. The molecule has 2 fully saturated rings. The van der Waals surface area contributed by atoms with Gasteiger partial charge in [0.05, 0.1) is 24.1 Å². The van der Waals surface area contributed by atoms with E-state index in [-0.39, 0.29) is 18.1 Å². The van der Waals surface area contributed by atoms with Crippen LogP contribution in [0.5, 0.6) is 0 Å². The van der Waals surface area contributed by atoms with Crippen molar-refractivity contribution in [3.63, 3.8) is 0 Å². The van der Waals surface area contributed by atoms with E-state index in [1.165, 1.54) is 7.11 Å². The minimum absolute atomic E-state index is 0.143. The first-order chi connectivity index (χ1) is 11.1. The molecule has 3 atom stereocenters. The van der Waals surface area contributed by atoms with Crippen molar-refractivity contribution in [3.05, 3.63) is 21.0 Å². The van der Waals surface area contributed by atoms with Gasteiger partial charge in [-0.05, 0) is 38.5 Å². The number of aromatic nitrogens is 1. The lowest BCUT2D eigenvalue weighted by atomic mass is 9.70. The van der Waals surface area contributed by atoms with Crippen LogP contribution in [0.3, 0.4) is 0 Å². The van der Waals surface area contributed by atoms with Crippen LogP contribution in [0.15, 0.2) is 10.6 Å². The summed E-state index contributed by atoms with van der Waals surface area (Å²) in [5.74, 6) is 6.15. The largest absolute Gasteiger partial charge is 0.453 e. The molecule has 1 saturated carbocycles. The molecule has 1 amide bonds. The molecule has 0 radical (unpaired) electrons. The molecule has 0 aromatic carbocycles. The lowest BCUT2D eigenvalue weighted by Crippen LogP contribution is -2.52. The van der Waals surface area contributed by atoms with Gasteiger partial charge in [-0.15, -0.1) is 11.3 Å². The Labute approximate surface area is 139 Å². The molecule has 0 bridgehead atoms. The summed E-state index contributed by atoms with van der Waals surface area (Å²) in [6, 6.07) is -0.210. The molecular formula is C16H19N3O3S. The number of ether oxygens (including phenoxy) is 1. The number of nitrogens with zero attached hydrogens (tertiary/aromatic N) is 3. The van der Waals surface area contributed by atoms with Crippen LogP contribution < -0.4 is 0 Å². The first-order valence-electron chi connectivity index (χ1n) is 7.73. The summed E-state index contributed by atoms with van der Waals surface area (Å²) in [5.41, 5.74) is -0.0803. The third-order valence-corrected chi connectivity index (χ3v) is 5.63. The molecule has 7 heteroatoms. The normalized spacial score (nSPS) is 29.4. The summed E-state index contributed by atoms with van der Waals surface area (Å²) in [5, 5.41) is 6.37. The van der Waals surface area contributed by atoms with Crippen LogP contribution in [0.4, 0.5) is 4.79 Å². The van der Waals surface area contributed by atoms with E-state index in [4.69, 9.17) is 4.74 Å². The van der Waals surface area contributed by atoms with Gasteiger partial charge in [0.2, 0.25) is 0 Å². The number of methoxy groups -OCH3 is 1. The van der Waals surface area contributed by atoms with Gasteiger partial charge in [-0.2, -0.15) is 4.91 Å². The number of likely N-dealkylation sites (tertiary alicyclic amines) is 1. The lowest BCUT2D eigenvalue weighted by Gasteiger charge is -2.39. The highest BCUT2D eigenvalue weighted by atomic mass is 32.1. The molecule has 1 aliphatic heterocycles. The molecule has 1 aromatic rings. The predicted molar refractivity (Wildman–Crippen MR) is 87.1 cm³/mol. The van der Waals surface area contributed by atoms with E-state index in [9.17, 15) is 9.70 Å². The van der Waals surface area contributed by atoms with E-state index in [1.54, 1.807) is 16.2 Å². The standard InChI is InChI=1S/C16H19N3O3S/c1-11-17-13(10-23-11)7-6-12-4-3-5-14-16(12,18-21)8-9-19(14)15(20)22-2/h10,12,14H,3-5,8-9H2,1-2H3/t12?,14-,16-/m1/s1. The smallest absolute Gasteiger partial charge is 0.409 e. The number of hydrogen-bond acceptors (Lipinski definition) is 6. The van der Waals surface area contributed by atoms with E-state index in [1.807, 2.05) is 12.3 Å². The molecule has 0 N–H and O–H groups in total. The van der Waals surface area contributed by atoms with Crippen molar-refractivity contribution in [2.45, 2.75) is 44.2 Å². The summed E-state index contributed by atoms with van der Waals surface area (Å²) in [6.07, 6.45) is 2.68. The fraction of sp³-hybridized carbons (Fsp3) is 0.625. The average Bonchev–Trinajstić information content (AvgIpc) is 3.16. The molecule has 1 aliphatic carbocycles. The predicted octanol–water partition coefficient (Wildman–Crippen LogP) is 2.95. The number of thiazole rings is 1. The quantitative estimate of drug-likeness (QED) is 0.585.